The topological polar surface area (TPSA) is 107 Å². The molecule has 2 aliphatic heterocycles. The van der Waals surface area contributed by atoms with Crippen molar-refractivity contribution in [2.45, 2.75) is 18.9 Å². The monoisotopic (exact) mass is 638 g/mol. The lowest BCUT2D eigenvalue weighted by atomic mass is 9.98. The SMILES string of the molecule is O=C(O)COc1ccc([N+]2=C(C(=O)CCc3ccccc3)C3CN(C(=O)c4ccc(Br)c(Cl)c4)CCN3C2=O)cc1. The molecule has 0 bridgehead atoms. The number of carboxylic acid groups (broad SMARTS) is 1. The van der Waals surface area contributed by atoms with Crippen molar-refractivity contribution >= 4 is 62.6 Å². The molecule has 0 aromatic heterocycles. The zero-order chi connectivity index (χ0) is 29.1. The van der Waals surface area contributed by atoms with Crippen LogP contribution in [0, 0.1) is 0 Å². The molecule has 1 atom stereocenters. The van der Waals surface area contributed by atoms with E-state index < -0.39 is 18.6 Å². The Morgan fingerprint density at radius 2 is 1.76 bits per heavy atom. The number of aryl methyl sites for hydroxylation is 1. The van der Waals surface area contributed by atoms with Gasteiger partial charge in [-0.1, -0.05) is 41.9 Å². The van der Waals surface area contributed by atoms with E-state index in [9.17, 15) is 19.2 Å². The molecule has 1 N–H and O–H groups in total. The van der Waals surface area contributed by atoms with E-state index in [1.165, 1.54) is 4.58 Å². The molecule has 1 fully saturated rings. The van der Waals surface area contributed by atoms with Crippen molar-refractivity contribution in [1.82, 2.24) is 9.80 Å². The van der Waals surface area contributed by atoms with Crippen LogP contribution in [0.5, 0.6) is 5.75 Å². The predicted octanol–water partition coefficient (Wildman–Crippen LogP) is 4.81. The zero-order valence-corrected chi connectivity index (χ0v) is 24.2. The van der Waals surface area contributed by atoms with Crippen LogP contribution in [0.4, 0.5) is 10.5 Å². The van der Waals surface area contributed by atoms with Crippen molar-refractivity contribution in [2.24, 2.45) is 0 Å². The average molecular weight is 640 g/mol. The smallest absolute Gasteiger partial charge is 0.482 e. The summed E-state index contributed by atoms with van der Waals surface area (Å²) in [6.07, 6.45) is 0.684. The first kappa shape index (κ1) is 28.5. The van der Waals surface area contributed by atoms with Gasteiger partial charge in [0, 0.05) is 16.5 Å². The highest BCUT2D eigenvalue weighted by molar-refractivity contribution is 9.10. The molecule has 3 amide bonds. The van der Waals surface area contributed by atoms with Crippen LogP contribution >= 0.6 is 27.5 Å². The Hall–Kier alpha value is -4.02. The summed E-state index contributed by atoms with van der Waals surface area (Å²) >= 11 is 9.56. The minimum absolute atomic E-state index is 0.154. The number of benzene rings is 3. The van der Waals surface area contributed by atoms with E-state index in [1.54, 1.807) is 52.3 Å². The van der Waals surface area contributed by atoms with Crippen LogP contribution < -0.4 is 4.74 Å². The van der Waals surface area contributed by atoms with E-state index in [-0.39, 0.29) is 37.2 Å². The molecule has 2 aliphatic rings. The van der Waals surface area contributed by atoms with Crippen LogP contribution in [-0.4, -0.2) is 81.2 Å². The van der Waals surface area contributed by atoms with Gasteiger partial charge in [0.25, 0.3) is 5.91 Å². The number of nitrogens with zero attached hydrogens (tertiary/aromatic N) is 3. The van der Waals surface area contributed by atoms with Crippen LogP contribution in [0.2, 0.25) is 5.02 Å². The number of aliphatic carboxylic acids is 1. The molecule has 0 spiro atoms. The summed E-state index contributed by atoms with van der Waals surface area (Å²) in [6, 6.07) is 20.0. The Bertz CT molecular complexity index is 1540. The van der Waals surface area contributed by atoms with Gasteiger partial charge in [-0.2, -0.15) is 9.37 Å². The number of ketones is 1. The lowest BCUT2D eigenvalue weighted by molar-refractivity contribution is -0.332. The van der Waals surface area contributed by atoms with Crippen LogP contribution in [0.3, 0.4) is 0 Å². The van der Waals surface area contributed by atoms with E-state index in [2.05, 4.69) is 15.9 Å². The summed E-state index contributed by atoms with van der Waals surface area (Å²) < 4.78 is 7.31. The number of Topliss-reactive ketones (excluding diaryl/α,β-unsaturated/α-hetero) is 1. The second kappa shape index (κ2) is 12.2. The van der Waals surface area contributed by atoms with Crippen molar-refractivity contribution in [2.75, 3.05) is 26.2 Å². The third kappa shape index (κ3) is 6.18. The Morgan fingerprint density at radius 3 is 2.44 bits per heavy atom. The third-order valence-corrected chi connectivity index (χ3v) is 8.29. The van der Waals surface area contributed by atoms with Crippen molar-refractivity contribution in [3.8, 4) is 5.75 Å². The molecule has 1 unspecified atom stereocenters. The van der Waals surface area contributed by atoms with Gasteiger partial charge in [-0.15, -0.1) is 0 Å². The maximum atomic E-state index is 13.8. The fraction of sp³-hybridized carbons (Fsp3) is 0.233. The largest absolute Gasteiger partial charge is 0.499 e. The standard InChI is InChI=1S/C30H25BrClN3O6/c31-23-12-7-20(16-24(23)32)29(39)33-14-15-34-25(17-33)28(26(36)13-6-19-4-2-1-3-5-19)35(30(34)40)21-8-10-22(11-9-21)41-18-27(37)38/h1-5,7-12,16,25H,6,13-15,17-18H2/p+1. The van der Waals surface area contributed by atoms with Gasteiger partial charge in [0.2, 0.25) is 11.5 Å². The lowest BCUT2D eigenvalue weighted by Crippen LogP contribution is -2.56. The lowest BCUT2D eigenvalue weighted by Gasteiger charge is -2.32. The molecule has 9 nitrogen and oxygen atoms in total. The molecule has 0 radical (unpaired) electrons. The number of halogens is 2. The van der Waals surface area contributed by atoms with Crippen molar-refractivity contribution < 1.29 is 33.6 Å². The summed E-state index contributed by atoms with van der Waals surface area (Å²) in [5, 5.41) is 9.29. The molecule has 41 heavy (non-hydrogen) atoms. The number of carbonyl (C=O) groups is 4. The van der Waals surface area contributed by atoms with Gasteiger partial charge in [0.1, 0.15) is 18.0 Å². The summed E-state index contributed by atoms with van der Waals surface area (Å²) in [7, 11) is 0. The highest BCUT2D eigenvalue weighted by atomic mass is 79.9. The minimum atomic E-state index is -1.11. The number of hydrogen-bond donors (Lipinski definition) is 1. The van der Waals surface area contributed by atoms with Crippen molar-refractivity contribution in [3.05, 3.63) is 93.4 Å². The molecular formula is C30H26BrClN3O6+. The van der Waals surface area contributed by atoms with E-state index in [0.29, 0.717) is 45.2 Å². The van der Waals surface area contributed by atoms with E-state index in [1.807, 2.05) is 30.3 Å². The second-order valence-electron chi connectivity index (χ2n) is 9.68. The Balaban J connectivity index is 1.46. The van der Waals surface area contributed by atoms with E-state index in [0.717, 1.165) is 5.56 Å². The van der Waals surface area contributed by atoms with Crippen molar-refractivity contribution in [1.29, 1.82) is 0 Å². The summed E-state index contributed by atoms with van der Waals surface area (Å²) in [5.74, 6) is -1.21. The third-order valence-electron chi connectivity index (χ3n) is 7.05. The Kier molecular flexibility index (Phi) is 8.51. The number of ether oxygens (including phenoxy) is 1. The number of amides is 3. The fourth-order valence-corrected chi connectivity index (χ4v) is 5.48. The first-order valence-corrected chi connectivity index (χ1v) is 14.1. The summed E-state index contributed by atoms with van der Waals surface area (Å²) in [6.45, 7) is 0.211. The summed E-state index contributed by atoms with van der Waals surface area (Å²) in [5.41, 5.74) is 2.17. The highest BCUT2D eigenvalue weighted by Crippen LogP contribution is 2.29. The number of hydrogen-bond acceptors (Lipinski definition) is 5. The molecule has 11 heteroatoms. The normalized spacial score (nSPS) is 16.5. The van der Waals surface area contributed by atoms with Gasteiger partial charge in [-0.05, 0) is 70.4 Å². The minimum Gasteiger partial charge on any atom is -0.482 e. The quantitative estimate of drug-likeness (QED) is 0.337. The van der Waals surface area contributed by atoms with Gasteiger partial charge in [-0.3, -0.25) is 9.59 Å². The molecule has 0 aliphatic carbocycles. The number of piperazine rings is 1. The fourth-order valence-electron chi connectivity index (χ4n) is 5.05. The second-order valence-corrected chi connectivity index (χ2v) is 10.9. The predicted molar refractivity (Wildman–Crippen MR) is 155 cm³/mol. The van der Waals surface area contributed by atoms with Gasteiger partial charge < -0.3 is 14.7 Å². The van der Waals surface area contributed by atoms with Gasteiger partial charge in [0.05, 0.1) is 18.1 Å². The van der Waals surface area contributed by atoms with E-state index in [4.69, 9.17) is 21.4 Å². The van der Waals surface area contributed by atoms with Crippen molar-refractivity contribution in [3.63, 3.8) is 0 Å². The van der Waals surface area contributed by atoms with Gasteiger partial charge in [-0.25, -0.2) is 9.69 Å². The number of rotatable bonds is 9. The molecule has 5 rings (SSSR count). The number of carbonyl (C=O) groups excluding carboxylic acids is 3. The first-order valence-electron chi connectivity index (χ1n) is 13.0. The van der Waals surface area contributed by atoms with Crippen LogP contribution in [0.25, 0.3) is 0 Å². The molecule has 3 aromatic rings. The zero-order valence-electron chi connectivity index (χ0n) is 21.8. The molecule has 210 valence electrons. The molecule has 2 heterocycles. The number of carboxylic acids is 1. The number of fused-ring (bicyclic) bond motifs is 1. The van der Waals surface area contributed by atoms with Gasteiger partial charge >= 0.3 is 12.0 Å². The molecule has 1 saturated heterocycles. The van der Waals surface area contributed by atoms with Gasteiger partial charge in [0.15, 0.2) is 12.6 Å². The molecular weight excluding hydrogens is 614 g/mol. The maximum Gasteiger partial charge on any atom is 0.499 e. The average Bonchev–Trinajstić information content (AvgIpc) is 3.28. The first-order chi connectivity index (χ1) is 19.7. The molecule has 3 aromatic carbocycles. The maximum absolute atomic E-state index is 13.8. The molecule has 0 saturated carbocycles. The number of urea groups is 1. The highest BCUT2D eigenvalue weighted by Gasteiger charge is 2.53. The van der Waals surface area contributed by atoms with Crippen LogP contribution in [0.1, 0.15) is 22.3 Å². The Labute approximate surface area is 249 Å². The van der Waals surface area contributed by atoms with Crippen LogP contribution in [-0.2, 0) is 16.0 Å². The summed E-state index contributed by atoms with van der Waals surface area (Å²) in [4.78, 5) is 55.0. The van der Waals surface area contributed by atoms with E-state index >= 15 is 0 Å². The van der Waals surface area contributed by atoms with Crippen LogP contribution in [0.15, 0.2) is 77.3 Å². The Morgan fingerprint density at radius 1 is 1.02 bits per heavy atom.